The number of esters is 1. The van der Waals surface area contributed by atoms with E-state index in [1.165, 1.54) is 36.4 Å². The third-order valence-corrected chi connectivity index (χ3v) is 3.69. The molecule has 3 aromatic carbocycles. The Morgan fingerprint density at radius 3 is 2.50 bits per heavy atom. The molecule has 0 heterocycles. The molecule has 0 aromatic heterocycles. The summed E-state index contributed by atoms with van der Waals surface area (Å²) in [5.74, 6) is -1.43. The van der Waals surface area contributed by atoms with Crippen molar-refractivity contribution in [1.29, 1.82) is 0 Å². The van der Waals surface area contributed by atoms with Crippen LogP contribution in [0, 0.1) is 5.82 Å². The lowest BCUT2D eigenvalue weighted by molar-refractivity contribution is -0.142. The van der Waals surface area contributed by atoms with Crippen molar-refractivity contribution < 1.29 is 18.7 Å². The van der Waals surface area contributed by atoms with Gasteiger partial charge in [0.15, 0.2) is 6.61 Å². The number of amides is 1. The number of halogens is 1. The highest BCUT2D eigenvalue weighted by atomic mass is 19.1. The van der Waals surface area contributed by atoms with E-state index in [0.29, 0.717) is 11.3 Å². The molecule has 0 aliphatic heterocycles. The normalized spacial score (nSPS) is 10.8. The number of hydrogen-bond acceptors (Lipinski definition) is 3. The number of nitrogens with one attached hydrogen (secondary N) is 1. The highest BCUT2D eigenvalue weighted by Crippen LogP contribution is 2.22. The van der Waals surface area contributed by atoms with Crippen LogP contribution in [-0.2, 0) is 14.3 Å². The molecule has 0 bridgehead atoms. The van der Waals surface area contributed by atoms with Gasteiger partial charge in [-0.1, -0.05) is 48.5 Å². The van der Waals surface area contributed by atoms with Crippen LogP contribution >= 0.6 is 0 Å². The molecule has 0 aliphatic rings. The highest BCUT2D eigenvalue weighted by Gasteiger charge is 2.08. The fourth-order valence-electron chi connectivity index (χ4n) is 2.44. The van der Waals surface area contributed by atoms with Gasteiger partial charge in [0.25, 0.3) is 5.91 Å². The average molecular weight is 349 g/mol. The molecule has 0 saturated heterocycles. The smallest absolute Gasteiger partial charge is 0.331 e. The van der Waals surface area contributed by atoms with Crippen molar-refractivity contribution in [1.82, 2.24) is 0 Å². The third-order valence-electron chi connectivity index (χ3n) is 3.69. The predicted molar refractivity (Wildman–Crippen MR) is 99.0 cm³/mol. The maximum atomic E-state index is 12.8. The van der Waals surface area contributed by atoms with E-state index in [-0.39, 0.29) is 5.82 Å². The van der Waals surface area contributed by atoms with Crippen LogP contribution < -0.4 is 5.32 Å². The highest BCUT2D eigenvalue weighted by molar-refractivity contribution is 6.03. The number of hydrogen-bond donors (Lipinski definition) is 1. The van der Waals surface area contributed by atoms with Gasteiger partial charge in [-0.25, -0.2) is 9.18 Å². The van der Waals surface area contributed by atoms with E-state index in [0.717, 1.165) is 10.8 Å². The van der Waals surface area contributed by atoms with Gasteiger partial charge >= 0.3 is 5.97 Å². The van der Waals surface area contributed by atoms with Crippen LogP contribution in [-0.4, -0.2) is 18.5 Å². The maximum Gasteiger partial charge on any atom is 0.331 e. The molecular formula is C21H16FNO3. The Labute approximate surface area is 149 Å². The van der Waals surface area contributed by atoms with Crippen molar-refractivity contribution in [3.8, 4) is 0 Å². The van der Waals surface area contributed by atoms with E-state index in [9.17, 15) is 14.0 Å². The summed E-state index contributed by atoms with van der Waals surface area (Å²) in [6.45, 7) is -0.393. The zero-order valence-corrected chi connectivity index (χ0v) is 13.8. The Kier molecular flexibility index (Phi) is 5.39. The quantitative estimate of drug-likeness (QED) is 0.555. The molecule has 130 valence electrons. The number of rotatable bonds is 5. The van der Waals surface area contributed by atoms with E-state index < -0.39 is 18.5 Å². The lowest BCUT2D eigenvalue weighted by Gasteiger charge is -2.08. The molecule has 0 unspecified atom stereocenters. The fraction of sp³-hybridized carbons (Fsp3) is 0.0476. The summed E-state index contributed by atoms with van der Waals surface area (Å²) in [6.07, 6.45) is 2.68. The SMILES string of the molecule is O=C(COC(=O)C=Cc1ccc(F)cc1)Nc1cccc2ccccc12. The van der Waals surface area contributed by atoms with Crippen molar-refractivity contribution >= 4 is 34.4 Å². The lowest BCUT2D eigenvalue weighted by atomic mass is 10.1. The second kappa shape index (κ2) is 8.07. The maximum absolute atomic E-state index is 12.8. The topological polar surface area (TPSA) is 55.4 Å². The van der Waals surface area contributed by atoms with Crippen molar-refractivity contribution in [2.75, 3.05) is 11.9 Å². The van der Waals surface area contributed by atoms with E-state index >= 15 is 0 Å². The Morgan fingerprint density at radius 1 is 0.962 bits per heavy atom. The van der Waals surface area contributed by atoms with Gasteiger partial charge in [0.05, 0.1) is 0 Å². The number of anilines is 1. The van der Waals surface area contributed by atoms with E-state index in [1.807, 2.05) is 36.4 Å². The Balaban J connectivity index is 1.55. The number of fused-ring (bicyclic) bond motifs is 1. The van der Waals surface area contributed by atoms with E-state index in [1.54, 1.807) is 6.07 Å². The van der Waals surface area contributed by atoms with Crippen LogP contribution in [0.1, 0.15) is 5.56 Å². The number of carbonyl (C=O) groups is 2. The lowest BCUT2D eigenvalue weighted by Crippen LogP contribution is -2.20. The Bertz CT molecular complexity index is 959. The largest absolute Gasteiger partial charge is 0.452 e. The predicted octanol–water partition coefficient (Wildman–Crippen LogP) is 4.17. The van der Waals surface area contributed by atoms with Gasteiger partial charge in [-0.2, -0.15) is 0 Å². The average Bonchev–Trinajstić information content (AvgIpc) is 2.66. The van der Waals surface area contributed by atoms with Crippen LogP contribution in [0.3, 0.4) is 0 Å². The van der Waals surface area contributed by atoms with Crippen molar-refractivity contribution in [2.45, 2.75) is 0 Å². The fourth-order valence-corrected chi connectivity index (χ4v) is 2.44. The summed E-state index contributed by atoms with van der Waals surface area (Å²) in [7, 11) is 0. The molecule has 0 fully saturated rings. The molecule has 5 heteroatoms. The van der Waals surface area contributed by atoms with Crippen LogP contribution in [0.25, 0.3) is 16.8 Å². The third kappa shape index (κ3) is 4.54. The molecule has 3 aromatic rings. The number of carbonyl (C=O) groups excluding carboxylic acids is 2. The first-order valence-corrected chi connectivity index (χ1v) is 8.00. The molecule has 0 radical (unpaired) electrons. The molecule has 3 rings (SSSR count). The first-order chi connectivity index (χ1) is 12.6. The van der Waals surface area contributed by atoms with E-state index in [2.05, 4.69) is 5.32 Å². The molecule has 0 atom stereocenters. The molecule has 0 saturated carbocycles. The van der Waals surface area contributed by atoms with Crippen LogP contribution in [0.2, 0.25) is 0 Å². The first-order valence-electron chi connectivity index (χ1n) is 8.00. The molecule has 1 N–H and O–H groups in total. The number of benzene rings is 3. The zero-order valence-electron chi connectivity index (χ0n) is 13.8. The zero-order chi connectivity index (χ0) is 18.4. The van der Waals surface area contributed by atoms with Crippen LogP contribution in [0.4, 0.5) is 10.1 Å². The number of ether oxygens (including phenoxy) is 1. The first kappa shape index (κ1) is 17.4. The van der Waals surface area contributed by atoms with E-state index in [4.69, 9.17) is 4.74 Å². The van der Waals surface area contributed by atoms with Gasteiger partial charge in [0, 0.05) is 17.1 Å². The van der Waals surface area contributed by atoms with Crippen molar-refractivity contribution in [2.24, 2.45) is 0 Å². The monoisotopic (exact) mass is 349 g/mol. The summed E-state index contributed by atoms with van der Waals surface area (Å²) in [4.78, 5) is 23.7. The summed E-state index contributed by atoms with van der Waals surface area (Å²) < 4.78 is 17.7. The minimum Gasteiger partial charge on any atom is -0.452 e. The van der Waals surface area contributed by atoms with Gasteiger partial charge < -0.3 is 10.1 Å². The molecule has 0 aliphatic carbocycles. The molecular weight excluding hydrogens is 333 g/mol. The molecule has 1 amide bonds. The van der Waals surface area contributed by atoms with Crippen molar-refractivity contribution in [3.05, 3.63) is 84.2 Å². The standard InChI is InChI=1S/C21H16FNO3/c22-17-11-8-15(9-12-17)10-13-21(25)26-14-20(24)23-19-7-3-5-16-4-1-2-6-18(16)19/h1-13H,14H2,(H,23,24). The Hall–Kier alpha value is -3.47. The van der Waals surface area contributed by atoms with Gasteiger partial charge in [-0.05, 0) is 35.2 Å². The van der Waals surface area contributed by atoms with Gasteiger partial charge in [-0.15, -0.1) is 0 Å². The summed E-state index contributed by atoms with van der Waals surface area (Å²) >= 11 is 0. The molecule has 26 heavy (non-hydrogen) atoms. The molecule has 4 nitrogen and oxygen atoms in total. The van der Waals surface area contributed by atoms with Crippen LogP contribution in [0.5, 0.6) is 0 Å². The minimum atomic E-state index is -0.651. The minimum absolute atomic E-state index is 0.352. The van der Waals surface area contributed by atoms with Gasteiger partial charge in [0.1, 0.15) is 5.82 Å². The van der Waals surface area contributed by atoms with Crippen LogP contribution in [0.15, 0.2) is 72.8 Å². The summed E-state index contributed by atoms with van der Waals surface area (Å²) in [6, 6.07) is 18.9. The van der Waals surface area contributed by atoms with Gasteiger partial charge in [0.2, 0.25) is 0 Å². The van der Waals surface area contributed by atoms with Crippen molar-refractivity contribution in [3.63, 3.8) is 0 Å². The van der Waals surface area contributed by atoms with Gasteiger partial charge in [-0.3, -0.25) is 4.79 Å². The summed E-state index contributed by atoms with van der Waals surface area (Å²) in [5, 5.41) is 4.65. The second-order valence-electron chi connectivity index (χ2n) is 5.57. The second-order valence-corrected chi connectivity index (χ2v) is 5.57. The molecule has 0 spiro atoms. The summed E-state index contributed by atoms with van der Waals surface area (Å²) in [5.41, 5.74) is 1.31. The Morgan fingerprint density at radius 2 is 1.69 bits per heavy atom.